The number of aromatic nitrogens is 1. The van der Waals surface area contributed by atoms with E-state index >= 15 is 0 Å². The summed E-state index contributed by atoms with van der Waals surface area (Å²) in [5, 5.41) is 2.22. The van der Waals surface area contributed by atoms with E-state index in [0.717, 1.165) is 22.8 Å². The van der Waals surface area contributed by atoms with Gasteiger partial charge in [-0.3, -0.25) is 9.78 Å². The van der Waals surface area contributed by atoms with Crippen molar-refractivity contribution in [2.24, 2.45) is 5.73 Å². The Morgan fingerprint density at radius 3 is 2.95 bits per heavy atom. The molecule has 2 aromatic rings. The summed E-state index contributed by atoms with van der Waals surface area (Å²) >= 11 is 0. The van der Waals surface area contributed by atoms with Gasteiger partial charge in [-0.15, -0.1) is 0 Å². The van der Waals surface area contributed by atoms with E-state index in [2.05, 4.69) is 11.1 Å². The number of carbonyl (C=O) groups excluding carboxylic acids is 1. The maximum Gasteiger partial charge on any atom is 0.223 e. The quantitative estimate of drug-likeness (QED) is 0.909. The molecule has 0 spiro atoms. The highest BCUT2D eigenvalue weighted by molar-refractivity contribution is 5.86. The first-order valence-corrected chi connectivity index (χ1v) is 7.10. The summed E-state index contributed by atoms with van der Waals surface area (Å²) in [7, 11) is 0. The fraction of sp³-hybridized carbons (Fsp3) is 0.375. The van der Waals surface area contributed by atoms with Crippen LogP contribution in [-0.2, 0) is 4.79 Å². The van der Waals surface area contributed by atoms with Gasteiger partial charge in [0.15, 0.2) is 0 Å². The molecule has 2 atom stereocenters. The molecule has 1 aliphatic rings. The molecule has 1 aromatic heterocycles. The molecule has 0 aliphatic carbocycles. The Balaban J connectivity index is 2.14. The van der Waals surface area contributed by atoms with Gasteiger partial charge < -0.3 is 10.6 Å². The highest BCUT2D eigenvalue weighted by Crippen LogP contribution is 2.34. The molecule has 2 unspecified atom stereocenters. The molecule has 3 rings (SSSR count). The number of likely N-dealkylation sites (N-methyl/N-ethyl adjacent to an activating group) is 1. The molecule has 2 N–H and O–H groups in total. The Morgan fingerprint density at radius 1 is 1.35 bits per heavy atom. The number of amides is 1. The Hall–Kier alpha value is -1.94. The minimum Gasteiger partial charge on any atom is -0.334 e. The number of nitrogens with zero attached hydrogens (tertiary/aromatic N) is 2. The van der Waals surface area contributed by atoms with E-state index in [1.807, 2.05) is 42.4 Å². The van der Waals surface area contributed by atoms with Crippen LogP contribution in [-0.4, -0.2) is 28.4 Å². The van der Waals surface area contributed by atoms with Crippen molar-refractivity contribution in [2.75, 3.05) is 6.54 Å². The SMILES string of the molecule is CCN1C(=O)CCC(N)C1c1cncc2ccccc12. The third-order valence-electron chi connectivity index (χ3n) is 4.11. The number of carbonyl (C=O) groups is 1. The second-order valence-electron chi connectivity index (χ2n) is 5.28. The number of likely N-dealkylation sites (tertiary alicyclic amines) is 1. The van der Waals surface area contributed by atoms with Crippen molar-refractivity contribution < 1.29 is 4.79 Å². The monoisotopic (exact) mass is 269 g/mol. The van der Waals surface area contributed by atoms with Crippen LogP contribution in [0.2, 0.25) is 0 Å². The molecule has 104 valence electrons. The number of nitrogens with two attached hydrogens (primary N) is 1. The zero-order chi connectivity index (χ0) is 14.1. The van der Waals surface area contributed by atoms with Crippen LogP contribution in [0.3, 0.4) is 0 Å². The number of fused-ring (bicyclic) bond motifs is 1. The Kier molecular flexibility index (Phi) is 3.40. The van der Waals surface area contributed by atoms with Crippen LogP contribution in [0.25, 0.3) is 10.8 Å². The fourth-order valence-electron chi connectivity index (χ4n) is 3.13. The maximum absolute atomic E-state index is 12.1. The van der Waals surface area contributed by atoms with Crippen molar-refractivity contribution in [1.82, 2.24) is 9.88 Å². The van der Waals surface area contributed by atoms with Crippen LogP contribution in [0.1, 0.15) is 31.4 Å². The van der Waals surface area contributed by atoms with Crippen LogP contribution in [0.15, 0.2) is 36.7 Å². The molecule has 1 amide bonds. The second-order valence-corrected chi connectivity index (χ2v) is 5.28. The summed E-state index contributed by atoms with van der Waals surface area (Å²) in [6, 6.07) is 8.03. The molecule has 4 nitrogen and oxygen atoms in total. The zero-order valence-corrected chi connectivity index (χ0v) is 11.6. The number of hydrogen-bond acceptors (Lipinski definition) is 3. The topological polar surface area (TPSA) is 59.2 Å². The highest BCUT2D eigenvalue weighted by Gasteiger charge is 2.34. The van der Waals surface area contributed by atoms with Crippen LogP contribution < -0.4 is 5.73 Å². The number of rotatable bonds is 2. The first-order chi connectivity index (χ1) is 9.72. The number of piperidine rings is 1. The first-order valence-electron chi connectivity index (χ1n) is 7.10. The van der Waals surface area contributed by atoms with Crippen molar-refractivity contribution in [3.8, 4) is 0 Å². The van der Waals surface area contributed by atoms with Crippen molar-refractivity contribution in [2.45, 2.75) is 31.8 Å². The fourth-order valence-corrected chi connectivity index (χ4v) is 3.13. The number of hydrogen-bond donors (Lipinski definition) is 1. The third kappa shape index (κ3) is 2.06. The summed E-state index contributed by atoms with van der Waals surface area (Å²) < 4.78 is 0. The summed E-state index contributed by atoms with van der Waals surface area (Å²) in [6.07, 6.45) is 4.99. The zero-order valence-electron chi connectivity index (χ0n) is 11.6. The minimum absolute atomic E-state index is 0.0275. The molecular formula is C16H19N3O. The highest BCUT2D eigenvalue weighted by atomic mass is 16.2. The van der Waals surface area contributed by atoms with Crippen molar-refractivity contribution >= 4 is 16.7 Å². The van der Waals surface area contributed by atoms with E-state index in [4.69, 9.17) is 5.73 Å². The number of pyridine rings is 1. The largest absolute Gasteiger partial charge is 0.334 e. The van der Waals surface area contributed by atoms with Crippen LogP contribution in [0, 0.1) is 0 Å². The van der Waals surface area contributed by atoms with E-state index in [9.17, 15) is 4.79 Å². The van der Waals surface area contributed by atoms with Gasteiger partial charge >= 0.3 is 0 Å². The molecule has 0 saturated carbocycles. The van der Waals surface area contributed by atoms with Crippen LogP contribution >= 0.6 is 0 Å². The molecule has 4 heteroatoms. The van der Waals surface area contributed by atoms with Crippen molar-refractivity contribution in [3.63, 3.8) is 0 Å². The predicted molar refractivity (Wildman–Crippen MR) is 79.1 cm³/mol. The van der Waals surface area contributed by atoms with Gasteiger partial charge in [0, 0.05) is 42.4 Å². The van der Waals surface area contributed by atoms with Gasteiger partial charge in [-0.05, 0) is 18.7 Å². The molecule has 1 aromatic carbocycles. The second kappa shape index (κ2) is 5.21. The van der Waals surface area contributed by atoms with E-state index in [1.165, 1.54) is 0 Å². The number of benzene rings is 1. The molecule has 20 heavy (non-hydrogen) atoms. The molecule has 1 aliphatic heterocycles. The maximum atomic E-state index is 12.1. The van der Waals surface area contributed by atoms with Gasteiger partial charge in [0.1, 0.15) is 0 Å². The summed E-state index contributed by atoms with van der Waals surface area (Å²) in [5.41, 5.74) is 7.37. The van der Waals surface area contributed by atoms with E-state index in [0.29, 0.717) is 13.0 Å². The average molecular weight is 269 g/mol. The molecule has 0 bridgehead atoms. The lowest BCUT2D eigenvalue weighted by Crippen LogP contribution is -2.48. The lowest BCUT2D eigenvalue weighted by Gasteiger charge is -2.39. The molecular weight excluding hydrogens is 250 g/mol. The third-order valence-corrected chi connectivity index (χ3v) is 4.11. The van der Waals surface area contributed by atoms with Crippen molar-refractivity contribution in [1.29, 1.82) is 0 Å². The predicted octanol–water partition coefficient (Wildman–Crippen LogP) is 2.25. The molecule has 1 fully saturated rings. The Labute approximate surface area is 118 Å². The molecule has 0 radical (unpaired) electrons. The summed E-state index contributed by atoms with van der Waals surface area (Å²) in [5.74, 6) is 0.187. The average Bonchev–Trinajstić information content (AvgIpc) is 2.49. The van der Waals surface area contributed by atoms with Gasteiger partial charge in [0.05, 0.1) is 6.04 Å². The van der Waals surface area contributed by atoms with Crippen LogP contribution in [0.5, 0.6) is 0 Å². The van der Waals surface area contributed by atoms with Crippen molar-refractivity contribution in [3.05, 3.63) is 42.2 Å². The summed E-state index contributed by atoms with van der Waals surface area (Å²) in [6.45, 7) is 2.68. The van der Waals surface area contributed by atoms with E-state index < -0.39 is 0 Å². The van der Waals surface area contributed by atoms with E-state index in [-0.39, 0.29) is 18.0 Å². The summed E-state index contributed by atoms with van der Waals surface area (Å²) in [4.78, 5) is 18.3. The Bertz CT molecular complexity index is 635. The van der Waals surface area contributed by atoms with E-state index in [1.54, 1.807) is 0 Å². The minimum atomic E-state index is -0.0696. The van der Waals surface area contributed by atoms with Gasteiger partial charge in [0.25, 0.3) is 0 Å². The smallest absolute Gasteiger partial charge is 0.223 e. The van der Waals surface area contributed by atoms with Crippen LogP contribution in [0.4, 0.5) is 0 Å². The molecule has 2 heterocycles. The lowest BCUT2D eigenvalue weighted by molar-refractivity contribution is -0.137. The van der Waals surface area contributed by atoms with Gasteiger partial charge in [0.2, 0.25) is 5.91 Å². The standard InChI is InChI=1S/C16H19N3O/c1-2-19-15(20)8-7-14(17)16(19)13-10-18-9-11-5-3-4-6-12(11)13/h3-6,9-10,14,16H,2,7-8,17H2,1H3. The van der Waals surface area contributed by atoms with Gasteiger partial charge in [-0.2, -0.15) is 0 Å². The lowest BCUT2D eigenvalue weighted by atomic mass is 9.89. The van der Waals surface area contributed by atoms with Gasteiger partial charge in [-0.1, -0.05) is 24.3 Å². The van der Waals surface area contributed by atoms with Gasteiger partial charge in [-0.25, -0.2) is 0 Å². The normalized spacial score (nSPS) is 23.3. The Morgan fingerprint density at radius 2 is 2.15 bits per heavy atom. The first kappa shape index (κ1) is 13.1. The molecule has 1 saturated heterocycles.